The first kappa shape index (κ1) is 34.5. The topological polar surface area (TPSA) is 56.7 Å². The van der Waals surface area contributed by atoms with Gasteiger partial charge in [-0.1, -0.05) is 158 Å². The molecule has 62 heavy (non-hydrogen) atoms. The van der Waals surface area contributed by atoms with Crippen molar-refractivity contribution in [2.75, 3.05) is 0 Å². The van der Waals surface area contributed by atoms with E-state index in [4.69, 9.17) is 19.4 Å². The van der Waals surface area contributed by atoms with Gasteiger partial charge in [0, 0.05) is 49.7 Å². The van der Waals surface area contributed by atoms with Crippen LogP contribution in [-0.4, -0.2) is 19.5 Å². The van der Waals surface area contributed by atoms with Crippen LogP contribution in [-0.2, 0) is 0 Å². The van der Waals surface area contributed by atoms with Gasteiger partial charge < -0.3 is 8.98 Å². The zero-order chi connectivity index (χ0) is 40.7. The Morgan fingerprint density at radius 3 is 1.68 bits per heavy atom. The highest BCUT2D eigenvalue weighted by atomic mass is 16.3. The molecular weight excluding hydrogens is 757 g/mol. The van der Waals surface area contributed by atoms with Crippen molar-refractivity contribution in [3.05, 3.63) is 206 Å². The lowest BCUT2D eigenvalue weighted by Gasteiger charge is -2.13. The highest BCUT2D eigenvalue weighted by molar-refractivity contribution is 6.22. The van der Waals surface area contributed by atoms with Gasteiger partial charge in [0.15, 0.2) is 17.5 Å². The third-order valence-electron chi connectivity index (χ3n) is 12.4. The Kier molecular flexibility index (Phi) is 7.54. The van der Waals surface area contributed by atoms with Gasteiger partial charge in [0.05, 0.1) is 16.7 Å². The van der Waals surface area contributed by atoms with E-state index < -0.39 is 0 Å². The van der Waals surface area contributed by atoms with Crippen LogP contribution in [0.2, 0.25) is 0 Å². The maximum Gasteiger partial charge on any atom is 0.164 e. The molecule has 0 spiro atoms. The van der Waals surface area contributed by atoms with Crippen molar-refractivity contribution in [1.82, 2.24) is 19.5 Å². The number of aromatic nitrogens is 4. The first-order chi connectivity index (χ1) is 30.7. The van der Waals surface area contributed by atoms with Crippen LogP contribution < -0.4 is 0 Å². The Labute approximate surface area is 355 Å². The summed E-state index contributed by atoms with van der Waals surface area (Å²) in [7, 11) is 0. The second-order valence-electron chi connectivity index (χ2n) is 16.0. The van der Waals surface area contributed by atoms with Crippen molar-refractivity contribution in [2.45, 2.75) is 0 Å². The summed E-state index contributed by atoms with van der Waals surface area (Å²) >= 11 is 0. The van der Waals surface area contributed by atoms with Crippen LogP contribution in [0, 0.1) is 0 Å². The average molecular weight is 791 g/mol. The zero-order valence-corrected chi connectivity index (χ0v) is 33.3. The summed E-state index contributed by atoms with van der Waals surface area (Å²) in [5.74, 6) is 1.80. The third-order valence-corrected chi connectivity index (χ3v) is 12.4. The average Bonchev–Trinajstić information content (AvgIpc) is 3.87. The van der Waals surface area contributed by atoms with Crippen LogP contribution in [0.5, 0.6) is 0 Å². The summed E-state index contributed by atoms with van der Waals surface area (Å²) in [5, 5.41) is 11.6. The van der Waals surface area contributed by atoms with Gasteiger partial charge in [-0.25, -0.2) is 15.0 Å². The predicted molar refractivity (Wildman–Crippen MR) is 256 cm³/mol. The van der Waals surface area contributed by atoms with E-state index >= 15 is 0 Å². The molecule has 0 aliphatic rings. The van der Waals surface area contributed by atoms with Gasteiger partial charge in [0.2, 0.25) is 0 Å². The van der Waals surface area contributed by atoms with Crippen LogP contribution in [0.3, 0.4) is 0 Å². The van der Waals surface area contributed by atoms with Crippen LogP contribution >= 0.6 is 0 Å². The standard InChI is InChI=1S/C57H34N4O/c1-2-13-35(14-3-1)38-19-12-20-41(29-38)55-58-56(42-26-25-36-15-4-5-16-37(36)30-42)60-57(59-55)43-27-28-47-52(33-43)62-53-34-51(44-21-8-9-23-46(44)54(47)53)61-49-24-11-10-22-45(49)48-31-39-17-6-7-18-40(39)32-50(48)61/h1-34H. The van der Waals surface area contributed by atoms with E-state index in [-0.39, 0.29) is 0 Å². The quantitative estimate of drug-likeness (QED) is 0.174. The van der Waals surface area contributed by atoms with Gasteiger partial charge in [-0.2, -0.15) is 0 Å². The van der Waals surface area contributed by atoms with Gasteiger partial charge >= 0.3 is 0 Å². The number of para-hydroxylation sites is 1. The Bertz CT molecular complexity index is 3940. The molecule has 13 aromatic rings. The molecule has 0 radical (unpaired) electrons. The fourth-order valence-electron chi connectivity index (χ4n) is 9.42. The number of hydrogen-bond acceptors (Lipinski definition) is 4. The van der Waals surface area contributed by atoms with E-state index in [0.29, 0.717) is 17.5 Å². The second-order valence-corrected chi connectivity index (χ2v) is 16.0. The molecule has 0 saturated carbocycles. The van der Waals surface area contributed by atoms with Crippen molar-refractivity contribution in [2.24, 2.45) is 0 Å². The SMILES string of the molecule is c1ccc(-c2cccc(-c3nc(-c4ccc5ccccc5c4)nc(-c4ccc5c(c4)oc4cc(-n6c7ccccc7c7cc8ccccc8cc76)c6ccccc6c45)n3)c2)cc1. The Balaban J connectivity index is 1.01. The molecule has 0 saturated heterocycles. The molecule has 0 fully saturated rings. The van der Waals surface area contributed by atoms with Crippen LogP contribution in [0.15, 0.2) is 211 Å². The number of fused-ring (bicyclic) bond motifs is 10. The van der Waals surface area contributed by atoms with Crippen LogP contribution in [0.25, 0.3) is 127 Å². The Hall–Kier alpha value is -8.41. The Morgan fingerprint density at radius 2 is 0.887 bits per heavy atom. The summed E-state index contributed by atoms with van der Waals surface area (Å²) in [6, 6.07) is 72.8. The zero-order valence-electron chi connectivity index (χ0n) is 33.3. The summed E-state index contributed by atoms with van der Waals surface area (Å²) in [4.78, 5) is 15.4. The van der Waals surface area contributed by atoms with Crippen molar-refractivity contribution < 1.29 is 4.42 Å². The van der Waals surface area contributed by atoms with Gasteiger partial charge in [0.1, 0.15) is 11.2 Å². The molecule has 0 aliphatic heterocycles. The fourth-order valence-corrected chi connectivity index (χ4v) is 9.42. The van der Waals surface area contributed by atoms with E-state index in [0.717, 1.165) is 82.6 Å². The lowest BCUT2D eigenvalue weighted by atomic mass is 10.0. The predicted octanol–water partition coefficient (Wildman–Crippen LogP) is 15.0. The highest BCUT2D eigenvalue weighted by Gasteiger charge is 2.21. The first-order valence-electron chi connectivity index (χ1n) is 20.9. The number of benzene rings is 10. The molecule has 5 nitrogen and oxygen atoms in total. The minimum absolute atomic E-state index is 0.577. The smallest absolute Gasteiger partial charge is 0.164 e. The van der Waals surface area contributed by atoms with Crippen LogP contribution in [0.1, 0.15) is 0 Å². The highest BCUT2D eigenvalue weighted by Crippen LogP contribution is 2.42. The maximum atomic E-state index is 6.91. The molecule has 0 N–H and O–H groups in total. The maximum absolute atomic E-state index is 6.91. The summed E-state index contributed by atoms with van der Waals surface area (Å²) in [6.07, 6.45) is 0. The van der Waals surface area contributed by atoms with Gasteiger partial charge in [-0.3, -0.25) is 0 Å². The second kappa shape index (κ2) is 13.6. The molecule has 10 aromatic carbocycles. The Morgan fingerprint density at radius 1 is 0.306 bits per heavy atom. The number of rotatable bonds is 5. The molecule has 0 amide bonds. The molecule has 0 unspecified atom stereocenters. The first-order valence-corrected chi connectivity index (χ1v) is 20.9. The molecular formula is C57H34N4O. The van der Waals surface area contributed by atoms with Crippen LogP contribution in [0.4, 0.5) is 0 Å². The van der Waals surface area contributed by atoms with E-state index in [1.807, 2.05) is 6.07 Å². The molecule has 0 atom stereocenters. The minimum Gasteiger partial charge on any atom is -0.456 e. The molecule has 288 valence electrons. The molecule has 13 rings (SSSR count). The van der Waals surface area contributed by atoms with Gasteiger partial charge in [0.25, 0.3) is 0 Å². The molecule has 0 bridgehead atoms. The summed E-state index contributed by atoms with van der Waals surface area (Å²) in [6.45, 7) is 0. The molecule has 5 heteroatoms. The van der Waals surface area contributed by atoms with Crippen molar-refractivity contribution in [3.63, 3.8) is 0 Å². The van der Waals surface area contributed by atoms with E-state index in [2.05, 4.69) is 205 Å². The largest absolute Gasteiger partial charge is 0.456 e. The summed E-state index contributed by atoms with van der Waals surface area (Å²) in [5.41, 5.74) is 9.91. The van der Waals surface area contributed by atoms with E-state index in [1.165, 1.54) is 26.9 Å². The van der Waals surface area contributed by atoms with Gasteiger partial charge in [-0.15, -0.1) is 0 Å². The van der Waals surface area contributed by atoms with Gasteiger partial charge in [-0.05, 0) is 80.5 Å². The van der Waals surface area contributed by atoms with Crippen molar-refractivity contribution >= 4 is 76.1 Å². The van der Waals surface area contributed by atoms with E-state index in [1.54, 1.807) is 0 Å². The molecule has 3 aromatic heterocycles. The normalized spacial score (nSPS) is 11.9. The van der Waals surface area contributed by atoms with Crippen molar-refractivity contribution in [3.8, 4) is 51.0 Å². The number of furan rings is 1. The molecule has 0 aliphatic carbocycles. The lowest BCUT2D eigenvalue weighted by Crippen LogP contribution is -2.00. The number of hydrogen-bond donors (Lipinski definition) is 0. The monoisotopic (exact) mass is 790 g/mol. The summed E-state index contributed by atoms with van der Waals surface area (Å²) < 4.78 is 9.32. The minimum atomic E-state index is 0.577. The molecule has 3 heterocycles. The lowest BCUT2D eigenvalue weighted by molar-refractivity contribution is 0.669. The fraction of sp³-hybridized carbons (Fsp3) is 0. The van der Waals surface area contributed by atoms with Crippen molar-refractivity contribution in [1.29, 1.82) is 0 Å². The van der Waals surface area contributed by atoms with E-state index in [9.17, 15) is 0 Å². The third kappa shape index (κ3) is 5.45. The number of nitrogens with zero attached hydrogens (tertiary/aromatic N) is 4.